The van der Waals surface area contributed by atoms with Gasteiger partial charge in [0.2, 0.25) is 0 Å². The van der Waals surface area contributed by atoms with E-state index in [9.17, 15) is 14.9 Å². The Morgan fingerprint density at radius 1 is 1.09 bits per heavy atom. The summed E-state index contributed by atoms with van der Waals surface area (Å²) in [5.74, 6) is -1.83. The Kier molecular flexibility index (Phi) is 7.75. The van der Waals surface area contributed by atoms with Crippen molar-refractivity contribution in [2.24, 2.45) is 0 Å². The number of carbonyl (C=O) groups is 2. The van der Waals surface area contributed by atoms with Crippen molar-refractivity contribution in [2.75, 3.05) is 12.6 Å². The SMILES string of the molecule is COC(=O)C1=C(c2ccccc2)N(C[Se])C(C)=C(C(=O)OC(C)C)C1c1cccc(C#N)c1. The van der Waals surface area contributed by atoms with Crippen molar-refractivity contribution in [1.29, 1.82) is 5.26 Å². The number of hydrogen-bond donors (Lipinski definition) is 0. The van der Waals surface area contributed by atoms with Gasteiger partial charge in [-0.25, -0.2) is 0 Å². The summed E-state index contributed by atoms with van der Waals surface area (Å²) in [6.45, 7) is 5.39. The Labute approximate surface area is 202 Å². The molecule has 2 aromatic carbocycles. The van der Waals surface area contributed by atoms with Gasteiger partial charge >= 0.3 is 202 Å². The van der Waals surface area contributed by atoms with E-state index in [-0.39, 0.29) is 6.10 Å². The Hall–Kier alpha value is -3.33. The van der Waals surface area contributed by atoms with Crippen LogP contribution in [0.15, 0.2) is 71.4 Å². The van der Waals surface area contributed by atoms with Crippen LogP contribution >= 0.6 is 0 Å². The Bertz CT molecular complexity index is 1160. The molecular weight excluding hydrogens is 483 g/mol. The molecule has 0 aliphatic carbocycles. The number of nitriles is 1. The number of rotatable bonds is 6. The third-order valence-electron chi connectivity index (χ3n) is 5.39. The zero-order valence-electron chi connectivity index (χ0n) is 19.0. The van der Waals surface area contributed by atoms with Gasteiger partial charge in [0, 0.05) is 0 Å². The van der Waals surface area contributed by atoms with Gasteiger partial charge in [-0.05, 0) is 0 Å². The van der Waals surface area contributed by atoms with Crippen LogP contribution in [0.2, 0.25) is 0 Å². The Morgan fingerprint density at radius 3 is 2.36 bits per heavy atom. The van der Waals surface area contributed by atoms with Gasteiger partial charge < -0.3 is 0 Å². The third-order valence-corrected chi connectivity index (χ3v) is 5.93. The first kappa shape index (κ1) is 24.3. The van der Waals surface area contributed by atoms with Crippen LogP contribution in [-0.4, -0.2) is 51.5 Å². The quantitative estimate of drug-likeness (QED) is 0.435. The van der Waals surface area contributed by atoms with E-state index in [1.54, 1.807) is 38.1 Å². The fourth-order valence-electron chi connectivity index (χ4n) is 4.01. The number of esters is 2. The number of benzene rings is 2. The molecule has 6 nitrogen and oxygen atoms in total. The van der Waals surface area contributed by atoms with Gasteiger partial charge in [0.25, 0.3) is 0 Å². The maximum atomic E-state index is 13.4. The van der Waals surface area contributed by atoms with Gasteiger partial charge in [-0.15, -0.1) is 0 Å². The molecule has 0 fully saturated rings. The van der Waals surface area contributed by atoms with Crippen LogP contribution in [0.5, 0.6) is 0 Å². The number of allylic oxidation sites excluding steroid dienone is 1. The fourth-order valence-corrected chi connectivity index (χ4v) is 4.68. The minimum atomic E-state index is -0.769. The zero-order valence-corrected chi connectivity index (χ0v) is 20.7. The summed E-state index contributed by atoms with van der Waals surface area (Å²) in [6, 6.07) is 18.6. The predicted molar refractivity (Wildman–Crippen MR) is 126 cm³/mol. The van der Waals surface area contributed by atoms with Crippen molar-refractivity contribution in [3.8, 4) is 6.07 Å². The molecule has 0 bridgehead atoms. The molecule has 1 unspecified atom stereocenters. The molecule has 0 N–H and O–H groups in total. The molecule has 0 amide bonds. The van der Waals surface area contributed by atoms with Gasteiger partial charge in [0.1, 0.15) is 0 Å². The first-order valence-electron chi connectivity index (χ1n) is 10.5. The second-order valence-corrected chi connectivity index (χ2v) is 8.34. The number of methoxy groups -OCH3 is 1. The topological polar surface area (TPSA) is 79.6 Å². The van der Waals surface area contributed by atoms with Gasteiger partial charge in [-0.2, -0.15) is 0 Å². The van der Waals surface area contributed by atoms with Crippen molar-refractivity contribution in [3.05, 3.63) is 88.1 Å². The third kappa shape index (κ3) is 4.88. The molecule has 1 aliphatic rings. The van der Waals surface area contributed by atoms with Crippen LogP contribution in [0.4, 0.5) is 0 Å². The minimum absolute atomic E-state index is 0.315. The molecule has 0 spiro atoms. The van der Waals surface area contributed by atoms with E-state index in [0.717, 1.165) is 5.56 Å². The molecule has 0 saturated carbocycles. The molecular formula is C26H25N2O4Se. The summed E-state index contributed by atoms with van der Waals surface area (Å²) in [5, 5.41) is 9.47. The molecule has 0 saturated heterocycles. The van der Waals surface area contributed by atoms with E-state index in [4.69, 9.17) is 9.47 Å². The molecule has 1 radical (unpaired) electrons. The molecule has 2 aromatic rings. The summed E-state index contributed by atoms with van der Waals surface area (Å²) in [7, 11) is 1.32. The van der Waals surface area contributed by atoms with E-state index >= 15 is 0 Å². The number of hydrogen-bond acceptors (Lipinski definition) is 6. The summed E-state index contributed by atoms with van der Waals surface area (Å²) < 4.78 is 10.8. The van der Waals surface area contributed by atoms with E-state index in [0.29, 0.717) is 39.1 Å². The fraction of sp³-hybridized carbons (Fsp3) is 0.269. The van der Waals surface area contributed by atoms with E-state index in [2.05, 4.69) is 22.1 Å². The van der Waals surface area contributed by atoms with Crippen molar-refractivity contribution < 1.29 is 19.1 Å². The standard InChI is InChI=1S/C26H25N2O4Se/c1-16(2)32-26(30)21-17(3)28(15-33)24(19-10-6-5-7-11-19)23(25(29)31-4)22(21)20-12-8-9-18(13-20)14-27/h5-13,16,22H,15H2,1-4H3. The molecule has 7 heteroatoms. The molecule has 169 valence electrons. The maximum absolute atomic E-state index is 13.4. The van der Waals surface area contributed by atoms with E-state index in [1.165, 1.54) is 7.11 Å². The van der Waals surface area contributed by atoms with Crippen molar-refractivity contribution in [1.82, 2.24) is 4.90 Å². The average Bonchev–Trinajstić information content (AvgIpc) is 2.82. The number of carbonyl (C=O) groups excluding carboxylic acids is 2. The van der Waals surface area contributed by atoms with Gasteiger partial charge in [0.15, 0.2) is 0 Å². The van der Waals surface area contributed by atoms with Gasteiger partial charge in [-0.3, -0.25) is 0 Å². The average molecular weight is 508 g/mol. The van der Waals surface area contributed by atoms with Crippen LogP contribution in [0.1, 0.15) is 43.4 Å². The van der Waals surface area contributed by atoms with Crippen molar-refractivity contribution >= 4 is 33.6 Å². The molecule has 1 atom stereocenters. The van der Waals surface area contributed by atoms with Crippen LogP contribution < -0.4 is 0 Å². The van der Waals surface area contributed by atoms with Crippen LogP contribution in [0.25, 0.3) is 5.70 Å². The predicted octanol–water partition coefficient (Wildman–Crippen LogP) is 3.89. The van der Waals surface area contributed by atoms with E-state index < -0.39 is 17.9 Å². The molecule has 3 rings (SSSR count). The number of ether oxygens (including phenoxy) is 2. The summed E-state index contributed by atoms with van der Waals surface area (Å²) in [6.07, 6.45) is -0.341. The van der Waals surface area contributed by atoms with Crippen LogP contribution in [-0.2, 0) is 19.1 Å². The molecule has 0 aromatic heterocycles. The first-order valence-corrected chi connectivity index (χ1v) is 11.7. The first-order chi connectivity index (χ1) is 15.8. The molecule has 1 heterocycles. The van der Waals surface area contributed by atoms with E-state index in [1.807, 2.05) is 42.2 Å². The number of nitrogens with zero attached hydrogens (tertiary/aromatic N) is 2. The van der Waals surface area contributed by atoms with Gasteiger partial charge in [-0.1, -0.05) is 0 Å². The Balaban J connectivity index is 2.41. The normalized spacial score (nSPS) is 16.0. The molecule has 33 heavy (non-hydrogen) atoms. The monoisotopic (exact) mass is 509 g/mol. The Morgan fingerprint density at radius 2 is 1.79 bits per heavy atom. The summed E-state index contributed by atoms with van der Waals surface area (Å²) in [4.78, 5) is 28.5. The van der Waals surface area contributed by atoms with Gasteiger partial charge in [0.05, 0.1) is 0 Å². The van der Waals surface area contributed by atoms with Crippen molar-refractivity contribution in [3.63, 3.8) is 0 Å². The second-order valence-electron chi connectivity index (χ2n) is 7.80. The summed E-state index contributed by atoms with van der Waals surface area (Å²) in [5.41, 5.74) is 4.25. The molecule has 1 aliphatic heterocycles. The second kappa shape index (κ2) is 10.5. The zero-order chi connectivity index (χ0) is 24.1. The summed E-state index contributed by atoms with van der Waals surface area (Å²) >= 11 is 3.00. The van der Waals surface area contributed by atoms with Crippen LogP contribution in [0, 0.1) is 11.3 Å². The van der Waals surface area contributed by atoms with Crippen molar-refractivity contribution in [2.45, 2.75) is 32.8 Å². The van der Waals surface area contributed by atoms with Crippen LogP contribution in [0.3, 0.4) is 0 Å².